The van der Waals surface area contributed by atoms with Crippen LogP contribution < -0.4 is 9.62 Å². The fraction of sp³-hybridized carbons (Fsp3) is 0.400. The van der Waals surface area contributed by atoms with Gasteiger partial charge in [-0.1, -0.05) is 31.0 Å². The first kappa shape index (κ1) is 21.7. The number of unbranched alkanes of at least 4 members (excludes halogenated alkanes) is 1. The maximum Gasteiger partial charge on any atom is 0.339 e. The number of nitrogens with one attached hydrogen (secondary N) is 1. The van der Waals surface area contributed by atoms with E-state index >= 15 is 0 Å². The van der Waals surface area contributed by atoms with Crippen LogP contribution in [0.15, 0.2) is 35.4 Å². The number of nitrogens with zero attached hydrogens (tertiary/aromatic N) is 2. The molecule has 28 heavy (non-hydrogen) atoms. The number of hydrogen-bond acceptors (Lipinski definition) is 5. The Labute approximate surface area is 166 Å². The number of anilines is 2. The van der Waals surface area contributed by atoms with Crippen molar-refractivity contribution in [2.75, 3.05) is 22.7 Å². The second-order valence-corrected chi connectivity index (χ2v) is 8.36. The lowest BCUT2D eigenvalue weighted by Gasteiger charge is -2.23. The number of benzene rings is 1. The summed E-state index contributed by atoms with van der Waals surface area (Å²) in [7, 11) is -3.85. The Morgan fingerprint density at radius 2 is 1.93 bits per heavy atom. The number of aromatic nitrogens is 1. The van der Waals surface area contributed by atoms with Gasteiger partial charge in [-0.3, -0.25) is 4.72 Å². The van der Waals surface area contributed by atoms with Crippen molar-refractivity contribution in [1.29, 1.82) is 0 Å². The molecule has 0 unspecified atom stereocenters. The van der Waals surface area contributed by atoms with Crippen LogP contribution >= 0.6 is 0 Å². The van der Waals surface area contributed by atoms with E-state index in [1.165, 1.54) is 18.3 Å². The lowest BCUT2D eigenvalue weighted by Crippen LogP contribution is -2.27. The lowest BCUT2D eigenvalue weighted by molar-refractivity contribution is 0.0697. The number of carboxylic acids is 1. The minimum absolute atomic E-state index is 0.0289. The predicted molar refractivity (Wildman–Crippen MR) is 111 cm³/mol. The molecular formula is C20H27N3O4S. The summed E-state index contributed by atoms with van der Waals surface area (Å²) in [5, 5.41) is 9.61. The van der Waals surface area contributed by atoms with Crippen LogP contribution in [0.5, 0.6) is 0 Å². The van der Waals surface area contributed by atoms with Gasteiger partial charge in [-0.25, -0.2) is 18.2 Å². The number of aryl methyl sites for hydroxylation is 2. The fourth-order valence-corrected chi connectivity index (χ4v) is 4.26. The Hall–Kier alpha value is -2.61. The quantitative estimate of drug-likeness (QED) is 0.658. The number of pyridine rings is 1. The topological polar surface area (TPSA) is 99.6 Å². The first-order chi connectivity index (χ1) is 13.2. The summed E-state index contributed by atoms with van der Waals surface area (Å²) >= 11 is 0. The fourth-order valence-electron chi connectivity index (χ4n) is 3.00. The molecule has 0 aliphatic rings. The highest BCUT2D eigenvalue weighted by Gasteiger charge is 2.21. The van der Waals surface area contributed by atoms with Gasteiger partial charge in [0.25, 0.3) is 10.0 Å². The van der Waals surface area contributed by atoms with Crippen molar-refractivity contribution in [2.24, 2.45) is 0 Å². The first-order valence-electron chi connectivity index (χ1n) is 9.28. The maximum absolute atomic E-state index is 12.7. The molecule has 0 spiro atoms. The van der Waals surface area contributed by atoms with Gasteiger partial charge < -0.3 is 10.0 Å². The highest BCUT2D eigenvalue weighted by Crippen LogP contribution is 2.25. The van der Waals surface area contributed by atoms with Gasteiger partial charge in [-0.05, 0) is 44.9 Å². The van der Waals surface area contributed by atoms with E-state index in [1.807, 2.05) is 18.7 Å². The molecule has 152 valence electrons. The van der Waals surface area contributed by atoms with E-state index in [1.54, 1.807) is 19.1 Å². The van der Waals surface area contributed by atoms with Crippen LogP contribution in [0.25, 0.3) is 0 Å². The minimum atomic E-state index is -3.85. The standard InChI is InChI=1S/C20H27N3O4S/c1-5-7-10-23(6-2)19-17(20(24)25)12-16(13-21-19)22-28(26,27)18-9-8-14(3)11-15(18)4/h8-9,11-13,22H,5-7,10H2,1-4H3,(H,24,25). The average molecular weight is 406 g/mol. The summed E-state index contributed by atoms with van der Waals surface area (Å²) in [6.07, 6.45) is 3.25. The van der Waals surface area contributed by atoms with Crippen LogP contribution in [0.2, 0.25) is 0 Å². The zero-order valence-electron chi connectivity index (χ0n) is 16.7. The molecule has 0 aliphatic carbocycles. The molecule has 1 heterocycles. The van der Waals surface area contributed by atoms with E-state index in [4.69, 9.17) is 0 Å². The van der Waals surface area contributed by atoms with E-state index in [-0.39, 0.29) is 16.1 Å². The van der Waals surface area contributed by atoms with Crippen molar-refractivity contribution in [3.8, 4) is 0 Å². The molecule has 0 amide bonds. The monoisotopic (exact) mass is 405 g/mol. The Bertz CT molecular complexity index is 958. The van der Waals surface area contributed by atoms with Gasteiger partial charge in [0.1, 0.15) is 11.4 Å². The molecule has 0 bridgehead atoms. The van der Waals surface area contributed by atoms with E-state index in [0.717, 1.165) is 18.4 Å². The third-order valence-corrected chi connectivity index (χ3v) is 5.97. The number of rotatable bonds is 9. The molecule has 0 saturated carbocycles. The molecule has 1 aromatic carbocycles. The summed E-state index contributed by atoms with van der Waals surface area (Å²) in [6.45, 7) is 8.90. The number of sulfonamides is 1. The second kappa shape index (κ2) is 9.05. The van der Waals surface area contributed by atoms with Crippen LogP contribution in [-0.2, 0) is 10.0 Å². The Morgan fingerprint density at radius 1 is 1.21 bits per heavy atom. The molecular weight excluding hydrogens is 378 g/mol. The van der Waals surface area contributed by atoms with Gasteiger partial charge in [-0.15, -0.1) is 0 Å². The van der Waals surface area contributed by atoms with Gasteiger partial charge in [0.05, 0.1) is 16.8 Å². The number of hydrogen-bond donors (Lipinski definition) is 2. The molecule has 2 aromatic rings. The molecule has 0 aliphatic heterocycles. The van der Waals surface area contributed by atoms with Crippen molar-refractivity contribution in [1.82, 2.24) is 4.98 Å². The van der Waals surface area contributed by atoms with E-state index in [0.29, 0.717) is 24.5 Å². The number of carboxylic acid groups (broad SMARTS) is 1. The summed E-state index contributed by atoms with van der Waals surface area (Å²) in [5.74, 6) is -0.803. The normalized spacial score (nSPS) is 11.3. The Kier molecular flexibility index (Phi) is 7.01. The highest BCUT2D eigenvalue weighted by atomic mass is 32.2. The third kappa shape index (κ3) is 5.01. The second-order valence-electron chi connectivity index (χ2n) is 6.71. The molecule has 0 atom stereocenters. The Morgan fingerprint density at radius 3 is 2.50 bits per heavy atom. The lowest BCUT2D eigenvalue weighted by atomic mass is 10.2. The van der Waals surface area contributed by atoms with Crippen molar-refractivity contribution in [3.05, 3.63) is 47.2 Å². The molecule has 7 nitrogen and oxygen atoms in total. The predicted octanol–water partition coefficient (Wildman–Crippen LogP) is 3.82. The van der Waals surface area contributed by atoms with Crippen LogP contribution in [0.3, 0.4) is 0 Å². The third-order valence-electron chi connectivity index (χ3n) is 4.43. The molecule has 2 rings (SSSR count). The van der Waals surface area contributed by atoms with Gasteiger partial charge >= 0.3 is 5.97 Å². The van der Waals surface area contributed by atoms with Crippen molar-refractivity contribution in [3.63, 3.8) is 0 Å². The van der Waals surface area contributed by atoms with Crippen molar-refractivity contribution in [2.45, 2.75) is 45.4 Å². The maximum atomic E-state index is 12.7. The Balaban J connectivity index is 2.39. The smallest absolute Gasteiger partial charge is 0.339 e. The summed E-state index contributed by atoms with van der Waals surface area (Å²) < 4.78 is 27.9. The van der Waals surface area contributed by atoms with E-state index in [2.05, 4.69) is 16.6 Å². The number of carbonyl (C=O) groups is 1. The zero-order valence-corrected chi connectivity index (χ0v) is 17.5. The van der Waals surface area contributed by atoms with Crippen LogP contribution in [0.4, 0.5) is 11.5 Å². The minimum Gasteiger partial charge on any atom is -0.478 e. The summed E-state index contributed by atoms with van der Waals surface area (Å²) in [4.78, 5) is 18.0. The molecule has 0 radical (unpaired) electrons. The molecule has 8 heteroatoms. The molecule has 0 fully saturated rings. The largest absolute Gasteiger partial charge is 0.478 e. The van der Waals surface area contributed by atoms with Gasteiger partial charge in [-0.2, -0.15) is 0 Å². The van der Waals surface area contributed by atoms with E-state index in [9.17, 15) is 18.3 Å². The van der Waals surface area contributed by atoms with Crippen molar-refractivity contribution < 1.29 is 18.3 Å². The molecule has 2 N–H and O–H groups in total. The van der Waals surface area contributed by atoms with Crippen molar-refractivity contribution >= 4 is 27.5 Å². The van der Waals surface area contributed by atoms with Gasteiger partial charge in [0, 0.05) is 13.1 Å². The van der Waals surface area contributed by atoms with Crippen LogP contribution in [-0.4, -0.2) is 37.6 Å². The highest BCUT2D eigenvalue weighted by molar-refractivity contribution is 7.92. The van der Waals surface area contributed by atoms with Crippen LogP contribution in [0, 0.1) is 13.8 Å². The zero-order chi connectivity index (χ0) is 20.9. The molecule has 1 aromatic heterocycles. The summed E-state index contributed by atoms with van der Waals surface area (Å²) in [6, 6.07) is 6.36. The van der Waals surface area contributed by atoms with Gasteiger partial charge in [0.15, 0.2) is 0 Å². The molecule has 0 saturated heterocycles. The van der Waals surface area contributed by atoms with Crippen LogP contribution in [0.1, 0.15) is 48.2 Å². The number of aromatic carboxylic acids is 1. The SMILES string of the molecule is CCCCN(CC)c1ncc(NS(=O)(=O)c2ccc(C)cc2C)cc1C(=O)O. The summed E-state index contributed by atoms with van der Waals surface area (Å²) in [5.41, 5.74) is 1.67. The van der Waals surface area contributed by atoms with Gasteiger partial charge in [0.2, 0.25) is 0 Å². The first-order valence-corrected chi connectivity index (χ1v) is 10.8. The van der Waals surface area contributed by atoms with E-state index < -0.39 is 16.0 Å². The average Bonchev–Trinajstić information content (AvgIpc) is 2.62.